The number of amides is 2. The van der Waals surface area contributed by atoms with Crippen LogP contribution in [0.4, 0.5) is 5.69 Å². The van der Waals surface area contributed by atoms with Gasteiger partial charge in [-0.25, -0.2) is 0 Å². The Balaban J connectivity index is 1.62. The summed E-state index contributed by atoms with van der Waals surface area (Å²) in [6.07, 6.45) is 6.25. The molecule has 2 fully saturated rings. The average Bonchev–Trinajstić information content (AvgIpc) is 3.22. The van der Waals surface area contributed by atoms with Crippen LogP contribution in [0.15, 0.2) is 36.5 Å². The highest BCUT2D eigenvalue weighted by molar-refractivity contribution is 6.12. The Hall–Kier alpha value is -3.06. The standard InChI is InChI=1S/C23H23N3O4/c1-13(27)20-18-17(22(28)25(23(18)29)11-4-12-30-2)16-9-8-15-7-6-14-5-3-10-24-19(14)21(15)26(16)20/h3,5-10,16-18,20H,4,11-12H2,1-2H3/t16-,17+,18-,20+/m1/s1. The predicted octanol–water partition coefficient (Wildman–Crippen LogP) is 2.05. The minimum atomic E-state index is -0.680. The first-order valence-electron chi connectivity index (χ1n) is 10.2. The van der Waals surface area contributed by atoms with E-state index in [0.717, 1.165) is 22.2 Å². The van der Waals surface area contributed by atoms with Crippen molar-refractivity contribution in [3.8, 4) is 0 Å². The molecule has 7 heteroatoms. The van der Waals surface area contributed by atoms with E-state index in [9.17, 15) is 14.4 Å². The quantitative estimate of drug-likeness (QED) is 0.560. The first-order chi connectivity index (χ1) is 14.5. The van der Waals surface area contributed by atoms with Gasteiger partial charge in [0.1, 0.15) is 6.04 Å². The number of hydrogen-bond acceptors (Lipinski definition) is 6. The fourth-order valence-electron chi connectivity index (χ4n) is 5.29. The molecule has 2 saturated heterocycles. The summed E-state index contributed by atoms with van der Waals surface area (Å²) in [5.74, 6) is -1.78. The van der Waals surface area contributed by atoms with E-state index in [1.165, 1.54) is 11.8 Å². The van der Waals surface area contributed by atoms with Crippen molar-refractivity contribution in [2.75, 3.05) is 25.2 Å². The number of carbonyl (C=O) groups excluding carboxylic acids is 3. The first-order valence-corrected chi connectivity index (χ1v) is 10.2. The highest BCUT2D eigenvalue weighted by atomic mass is 16.5. The van der Waals surface area contributed by atoms with Gasteiger partial charge in [0.2, 0.25) is 11.8 Å². The first kappa shape index (κ1) is 18.9. The topological polar surface area (TPSA) is 79.8 Å². The van der Waals surface area contributed by atoms with Crippen molar-refractivity contribution in [3.05, 3.63) is 42.1 Å². The summed E-state index contributed by atoms with van der Waals surface area (Å²) in [6.45, 7) is 2.30. The number of pyridine rings is 1. The van der Waals surface area contributed by atoms with Gasteiger partial charge in [0, 0.05) is 31.8 Å². The van der Waals surface area contributed by atoms with Crippen LogP contribution in [0.3, 0.4) is 0 Å². The lowest BCUT2D eigenvalue weighted by atomic mass is 9.88. The summed E-state index contributed by atoms with van der Waals surface area (Å²) >= 11 is 0. The number of imide groups is 1. The third-order valence-corrected chi connectivity index (χ3v) is 6.48. The van der Waals surface area contributed by atoms with Crippen LogP contribution >= 0.6 is 0 Å². The number of rotatable bonds is 5. The number of anilines is 1. The number of hydrogen-bond donors (Lipinski definition) is 0. The molecule has 2 amide bonds. The zero-order chi connectivity index (χ0) is 21.0. The van der Waals surface area contributed by atoms with Crippen molar-refractivity contribution in [2.45, 2.75) is 25.4 Å². The zero-order valence-electron chi connectivity index (χ0n) is 16.9. The summed E-state index contributed by atoms with van der Waals surface area (Å²) in [6, 6.07) is 6.82. The maximum atomic E-state index is 13.3. The van der Waals surface area contributed by atoms with Gasteiger partial charge in [0.25, 0.3) is 0 Å². The molecule has 1 aromatic carbocycles. The SMILES string of the molecule is COCCCN1C(=O)[C@@H]2[C@@H](C1=O)[C@H](C(C)=O)N1c3c(ccc4cccnc34)C=C[C@H]21. The summed E-state index contributed by atoms with van der Waals surface area (Å²) < 4.78 is 5.06. The minimum Gasteiger partial charge on any atom is -0.385 e. The Bertz CT molecular complexity index is 1100. The van der Waals surface area contributed by atoms with Crippen LogP contribution in [-0.2, 0) is 19.1 Å². The van der Waals surface area contributed by atoms with Crippen LogP contribution < -0.4 is 4.90 Å². The van der Waals surface area contributed by atoms with Gasteiger partial charge in [-0.3, -0.25) is 24.3 Å². The molecule has 0 saturated carbocycles. The largest absolute Gasteiger partial charge is 0.385 e. The summed E-state index contributed by atoms with van der Waals surface area (Å²) in [4.78, 5) is 47.2. The van der Waals surface area contributed by atoms with E-state index < -0.39 is 17.9 Å². The molecule has 0 N–H and O–H groups in total. The van der Waals surface area contributed by atoms with Crippen LogP contribution in [0.5, 0.6) is 0 Å². The maximum absolute atomic E-state index is 13.3. The number of carbonyl (C=O) groups is 3. The molecule has 0 aliphatic carbocycles. The molecule has 5 rings (SSSR count). The van der Waals surface area contributed by atoms with Gasteiger partial charge < -0.3 is 9.64 Å². The maximum Gasteiger partial charge on any atom is 0.235 e. The fraction of sp³-hybridized carbons (Fsp3) is 0.391. The summed E-state index contributed by atoms with van der Waals surface area (Å²) in [5, 5.41) is 0.962. The molecule has 3 aliphatic heterocycles. The van der Waals surface area contributed by atoms with Crippen LogP contribution in [0, 0.1) is 11.8 Å². The van der Waals surface area contributed by atoms with Crippen molar-refractivity contribution in [3.63, 3.8) is 0 Å². The average molecular weight is 405 g/mol. The van der Waals surface area contributed by atoms with Gasteiger partial charge >= 0.3 is 0 Å². The number of ether oxygens (including phenoxy) is 1. The minimum absolute atomic E-state index is 0.110. The third-order valence-electron chi connectivity index (χ3n) is 6.48. The third kappa shape index (κ3) is 2.55. The van der Waals surface area contributed by atoms with E-state index in [1.807, 2.05) is 41.3 Å². The molecule has 3 aliphatic rings. The molecule has 2 aromatic rings. The van der Waals surface area contributed by atoms with Gasteiger partial charge in [-0.05, 0) is 25.0 Å². The van der Waals surface area contributed by atoms with E-state index in [4.69, 9.17) is 4.74 Å². The number of nitrogens with zero attached hydrogens (tertiary/aromatic N) is 3. The highest BCUT2D eigenvalue weighted by Crippen LogP contribution is 2.49. The van der Waals surface area contributed by atoms with E-state index in [2.05, 4.69) is 4.98 Å². The van der Waals surface area contributed by atoms with E-state index in [1.54, 1.807) is 13.3 Å². The highest BCUT2D eigenvalue weighted by Gasteiger charge is 2.63. The van der Waals surface area contributed by atoms with Crippen LogP contribution in [0.2, 0.25) is 0 Å². The Morgan fingerprint density at radius 2 is 1.97 bits per heavy atom. The van der Waals surface area contributed by atoms with Crippen LogP contribution in [0.25, 0.3) is 17.0 Å². The Labute approximate surface area is 174 Å². The van der Waals surface area contributed by atoms with Crippen molar-refractivity contribution < 1.29 is 19.1 Å². The number of ketones is 1. The number of aromatic nitrogens is 1. The molecule has 4 atom stereocenters. The lowest BCUT2D eigenvalue weighted by Gasteiger charge is -2.36. The smallest absolute Gasteiger partial charge is 0.235 e. The second kappa shape index (κ2) is 7.02. The Morgan fingerprint density at radius 1 is 1.17 bits per heavy atom. The number of fused-ring (bicyclic) bond motifs is 7. The van der Waals surface area contributed by atoms with E-state index in [-0.39, 0.29) is 23.6 Å². The monoisotopic (exact) mass is 405 g/mol. The molecule has 0 bridgehead atoms. The fourth-order valence-corrected chi connectivity index (χ4v) is 5.29. The second-order valence-corrected chi connectivity index (χ2v) is 8.12. The molecule has 154 valence electrons. The van der Waals surface area contributed by atoms with Crippen molar-refractivity contribution in [2.24, 2.45) is 11.8 Å². The predicted molar refractivity (Wildman–Crippen MR) is 112 cm³/mol. The van der Waals surface area contributed by atoms with Gasteiger partial charge in [0.15, 0.2) is 5.78 Å². The molecule has 0 spiro atoms. The van der Waals surface area contributed by atoms with E-state index in [0.29, 0.717) is 19.6 Å². The lowest BCUT2D eigenvalue weighted by molar-refractivity contribution is -0.141. The van der Waals surface area contributed by atoms with Gasteiger partial charge in [-0.1, -0.05) is 30.4 Å². The zero-order valence-corrected chi connectivity index (χ0v) is 16.9. The molecular formula is C23H23N3O4. The molecule has 1 aromatic heterocycles. The van der Waals surface area contributed by atoms with E-state index >= 15 is 0 Å². The number of methoxy groups -OCH3 is 1. The Morgan fingerprint density at radius 3 is 2.73 bits per heavy atom. The normalized spacial score (nSPS) is 26.9. The Kier molecular flexibility index (Phi) is 4.43. The number of Topliss-reactive ketones (excluding diaryl/α,β-unsaturated/α-hetero) is 1. The van der Waals surface area contributed by atoms with Crippen molar-refractivity contribution in [1.29, 1.82) is 0 Å². The van der Waals surface area contributed by atoms with Crippen LogP contribution in [0.1, 0.15) is 18.9 Å². The van der Waals surface area contributed by atoms with Crippen molar-refractivity contribution in [1.82, 2.24) is 9.88 Å². The van der Waals surface area contributed by atoms with Gasteiger partial charge in [-0.15, -0.1) is 0 Å². The summed E-state index contributed by atoms with van der Waals surface area (Å²) in [7, 11) is 1.59. The van der Waals surface area contributed by atoms with Crippen molar-refractivity contribution >= 4 is 40.3 Å². The van der Waals surface area contributed by atoms with Crippen LogP contribution in [-0.4, -0.2) is 59.8 Å². The van der Waals surface area contributed by atoms with Gasteiger partial charge in [-0.2, -0.15) is 0 Å². The molecule has 4 heterocycles. The molecule has 0 radical (unpaired) electrons. The second-order valence-electron chi connectivity index (χ2n) is 8.12. The summed E-state index contributed by atoms with van der Waals surface area (Å²) in [5.41, 5.74) is 2.56. The lowest BCUT2D eigenvalue weighted by Crippen LogP contribution is -2.48. The molecule has 7 nitrogen and oxygen atoms in total. The molecular weight excluding hydrogens is 382 g/mol. The number of benzene rings is 1. The van der Waals surface area contributed by atoms with Gasteiger partial charge in [0.05, 0.1) is 29.1 Å². The number of likely N-dealkylation sites (tertiary alicyclic amines) is 1. The molecule has 30 heavy (non-hydrogen) atoms. The molecule has 0 unspecified atom stereocenters.